The summed E-state index contributed by atoms with van der Waals surface area (Å²) in [5, 5.41) is 7.76. The minimum atomic E-state index is -0.210. The molecule has 0 bridgehead atoms. The van der Waals surface area contributed by atoms with Crippen LogP contribution in [0.4, 0.5) is 0 Å². The third kappa shape index (κ3) is 3.17. The van der Waals surface area contributed by atoms with Crippen LogP contribution >= 0.6 is 12.2 Å². The number of amides is 1. The van der Waals surface area contributed by atoms with E-state index in [0.717, 1.165) is 10.8 Å². The number of rotatable bonds is 3. The van der Waals surface area contributed by atoms with Crippen molar-refractivity contribution in [3.8, 4) is 0 Å². The number of fused-ring (bicyclic) bond motifs is 1. The van der Waals surface area contributed by atoms with E-state index >= 15 is 0 Å². The van der Waals surface area contributed by atoms with E-state index in [-0.39, 0.29) is 5.91 Å². The maximum atomic E-state index is 12.2. The van der Waals surface area contributed by atoms with Crippen molar-refractivity contribution < 1.29 is 4.79 Å². The molecular formula is C15H14N2OS. The molecule has 2 N–H and O–H groups in total. The van der Waals surface area contributed by atoms with Crippen LogP contribution in [0.5, 0.6) is 0 Å². The lowest BCUT2D eigenvalue weighted by atomic mass is 10.0. The van der Waals surface area contributed by atoms with Crippen LogP contribution in [0.3, 0.4) is 0 Å². The van der Waals surface area contributed by atoms with Gasteiger partial charge in [-0.05, 0) is 29.1 Å². The second kappa shape index (κ2) is 6.11. The van der Waals surface area contributed by atoms with Crippen LogP contribution in [-0.2, 0) is 0 Å². The first-order chi connectivity index (χ1) is 9.22. The highest BCUT2D eigenvalue weighted by atomic mass is 32.1. The number of thiocarbonyl (C=S) groups is 1. The van der Waals surface area contributed by atoms with E-state index in [9.17, 15) is 4.79 Å². The molecule has 4 heteroatoms. The third-order valence-electron chi connectivity index (χ3n) is 2.67. The van der Waals surface area contributed by atoms with Gasteiger partial charge in [0.1, 0.15) is 0 Å². The average molecular weight is 270 g/mol. The van der Waals surface area contributed by atoms with Crippen molar-refractivity contribution in [1.82, 2.24) is 10.6 Å². The van der Waals surface area contributed by atoms with Crippen LogP contribution in [-0.4, -0.2) is 17.6 Å². The van der Waals surface area contributed by atoms with E-state index in [0.29, 0.717) is 17.2 Å². The smallest absolute Gasteiger partial charge is 0.258 e. The van der Waals surface area contributed by atoms with Crippen molar-refractivity contribution in [2.24, 2.45) is 0 Å². The summed E-state index contributed by atoms with van der Waals surface area (Å²) in [6, 6.07) is 13.4. The molecule has 0 unspecified atom stereocenters. The van der Waals surface area contributed by atoms with Gasteiger partial charge in [0.25, 0.3) is 5.91 Å². The molecule has 0 fully saturated rings. The molecule has 2 aromatic rings. The molecule has 2 aromatic carbocycles. The summed E-state index contributed by atoms with van der Waals surface area (Å²) < 4.78 is 0. The van der Waals surface area contributed by atoms with Gasteiger partial charge in [-0.15, -0.1) is 6.58 Å². The Labute approximate surface area is 117 Å². The molecule has 0 atom stereocenters. The summed E-state index contributed by atoms with van der Waals surface area (Å²) in [5.74, 6) is -0.210. The molecule has 0 saturated heterocycles. The van der Waals surface area contributed by atoms with Crippen molar-refractivity contribution in [2.75, 3.05) is 6.54 Å². The molecule has 1 amide bonds. The molecule has 19 heavy (non-hydrogen) atoms. The summed E-state index contributed by atoms with van der Waals surface area (Å²) in [6.45, 7) is 4.10. The zero-order valence-electron chi connectivity index (χ0n) is 10.3. The second-order valence-electron chi connectivity index (χ2n) is 3.98. The van der Waals surface area contributed by atoms with E-state index in [1.807, 2.05) is 36.4 Å². The lowest BCUT2D eigenvalue weighted by Gasteiger charge is -2.09. The van der Waals surface area contributed by atoms with E-state index in [4.69, 9.17) is 12.2 Å². The van der Waals surface area contributed by atoms with Crippen LogP contribution in [0.25, 0.3) is 10.8 Å². The quantitative estimate of drug-likeness (QED) is 0.665. The zero-order chi connectivity index (χ0) is 13.7. The van der Waals surface area contributed by atoms with Gasteiger partial charge in [-0.3, -0.25) is 10.1 Å². The lowest BCUT2D eigenvalue weighted by Crippen LogP contribution is -2.39. The predicted octanol–water partition coefficient (Wildman–Crippen LogP) is 2.63. The van der Waals surface area contributed by atoms with Crippen molar-refractivity contribution in [1.29, 1.82) is 0 Å². The van der Waals surface area contributed by atoms with E-state index in [2.05, 4.69) is 17.2 Å². The molecule has 0 saturated carbocycles. The molecule has 2 rings (SSSR count). The molecule has 0 aliphatic carbocycles. The Kier molecular flexibility index (Phi) is 4.26. The Morgan fingerprint density at radius 3 is 2.74 bits per heavy atom. The molecule has 0 aromatic heterocycles. The molecule has 0 heterocycles. The third-order valence-corrected chi connectivity index (χ3v) is 2.91. The normalized spacial score (nSPS) is 9.89. The fraction of sp³-hybridized carbons (Fsp3) is 0.0667. The Bertz CT molecular complexity index is 632. The Morgan fingerprint density at radius 1 is 1.21 bits per heavy atom. The van der Waals surface area contributed by atoms with Gasteiger partial charge in [-0.2, -0.15) is 0 Å². The van der Waals surface area contributed by atoms with Gasteiger partial charge in [0.2, 0.25) is 0 Å². The van der Waals surface area contributed by atoms with Crippen LogP contribution in [0.2, 0.25) is 0 Å². The molecule has 0 aliphatic heterocycles. The number of hydrogen-bond acceptors (Lipinski definition) is 2. The van der Waals surface area contributed by atoms with Crippen molar-refractivity contribution >= 4 is 34.0 Å². The molecule has 0 aliphatic rings. The Balaban J connectivity index is 2.22. The number of carbonyl (C=O) groups excluding carboxylic acids is 1. The second-order valence-corrected chi connectivity index (χ2v) is 4.39. The highest BCUT2D eigenvalue weighted by Crippen LogP contribution is 2.18. The Hall–Kier alpha value is -2.20. The van der Waals surface area contributed by atoms with Crippen LogP contribution < -0.4 is 10.6 Å². The van der Waals surface area contributed by atoms with E-state index in [1.54, 1.807) is 12.1 Å². The van der Waals surface area contributed by atoms with Crippen LogP contribution in [0.1, 0.15) is 10.4 Å². The van der Waals surface area contributed by atoms with Gasteiger partial charge in [-0.1, -0.05) is 42.5 Å². The highest BCUT2D eigenvalue weighted by molar-refractivity contribution is 7.80. The minimum Gasteiger partial charge on any atom is -0.359 e. The molecule has 0 radical (unpaired) electrons. The highest BCUT2D eigenvalue weighted by Gasteiger charge is 2.10. The largest absolute Gasteiger partial charge is 0.359 e. The molecular weight excluding hydrogens is 256 g/mol. The lowest BCUT2D eigenvalue weighted by molar-refractivity contribution is 0.0978. The first-order valence-electron chi connectivity index (χ1n) is 5.90. The topological polar surface area (TPSA) is 41.1 Å². The summed E-state index contributed by atoms with van der Waals surface area (Å²) in [5.41, 5.74) is 0.612. The monoisotopic (exact) mass is 270 g/mol. The van der Waals surface area contributed by atoms with E-state index in [1.165, 1.54) is 0 Å². The SMILES string of the molecule is C=CCNC(=S)NC(=O)c1cccc2ccccc12. The first-order valence-corrected chi connectivity index (χ1v) is 6.31. The first kappa shape index (κ1) is 13.2. The summed E-state index contributed by atoms with van der Waals surface area (Å²) in [7, 11) is 0. The number of carbonyl (C=O) groups is 1. The van der Waals surface area contributed by atoms with Gasteiger partial charge in [0, 0.05) is 12.1 Å². The zero-order valence-corrected chi connectivity index (χ0v) is 11.2. The van der Waals surface area contributed by atoms with E-state index < -0.39 is 0 Å². The number of nitrogens with one attached hydrogen (secondary N) is 2. The summed E-state index contributed by atoms with van der Waals surface area (Å²) in [6.07, 6.45) is 1.68. The Morgan fingerprint density at radius 2 is 1.95 bits per heavy atom. The number of benzene rings is 2. The predicted molar refractivity (Wildman–Crippen MR) is 82.2 cm³/mol. The van der Waals surface area contributed by atoms with Crippen molar-refractivity contribution in [3.63, 3.8) is 0 Å². The van der Waals surface area contributed by atoms with Crippen molar-refractivity contribution in [2.45, 2.75) is 0 Å². The van der Waals surface area contributed by atoms with Gasteiger partial charge in [0.05, 0.1) is 0 Å². The summed E-state index contributed by atoms with van der Waals surface area (Å²) in [4.78, 5) is 12.2. The number of hydrogen-bond donors (Lipinski definition) is 2. The molecule has 0 spiro atoms. The van der Waals surface area contributed by atoms with Gasteiger partial charge in [-0.25, -0.2) is 0 Å². The summed E-state index contributed by atoms with van der Waals surface area (Å²) >= 11 is 5.03. The van der Waals surface area contributed by atoms with Gasteiger partial charge in [0.15, 0.2) is 5.11 Å². The van der Waals surface area contributed by atoms with Crippen LogP contribution in [0.15, 0.2) is 55.1 Å². The van der Waals surface area contributed by atoms with Gasteiger partial charge >= 0.3 is 0 Å². The van der Waals surface area contributed by atoms with Gasteiger partial charge < -0.3 is 5.32 Å². The molecule has 96 valence electrons. The maximum Gasteiger partial charge on any atom is 0.258 e. The fourth-order valence-electron chi connectivity index (χ4n) is 1.80. The minimum absolute atomic E-state index is 0.210. The standard InChI is InChI=1S/C15H14N2OS/c1-2-10-16-15(19)17-14(18)13-9-5-7-11-6-3-4-8-12(11)13/h2-9H,1,10H2,(H2,16,17,18,19). The maximum absolute atomic E-state index is 12.2. The van der Waals surface area contributed by atoms with Crippen LogP contribution in [0, 0.1) is 0 Å². The fourth-order valence-corrected chi connectivity index (χ4v) is 1.98. The average Bonchev–Trinajstić information content (AvgIpc) is 2.44. The molecule has 3 nitrogen and oxygen atoms in total. The van der Waals surface area contributed by atoms with Crippen molar-refractivity contribution in [3.05, 3.63) is 60.7 Å².